The number of nitrogens with one attached hydrogen (secondary N) is 1. The van der Waals surface area contributed by atoms with E-state index in [1.807, 2.05) is 0 Å². The molecular weight excluding hydrogens is 273 g/mol. The number of halogens is 1. The van der Waals surface area contributed by atoms with E-state index in [1.165, 1.54) is 18.2 Å². The molecule has 0 unspecified atom stereocenters. The Bertz CT molecular complexity index is 667. The molecule has 2 saturated carbocycles. The quantitative estimate of drug-likeness (QED) is 0.671. The van der Waals surface area contributed by atoms with E-state index >= 15 is 0 Å². The number of amides is 1. The summed E-state index contributed by atoms with van der Waals surface area (Å²) >= 11 is 0. The fraction of sp³-hybridized carbons (Fsp3) is 0.438. The van der Waals surface area contributed by atoms with Crippen LogP contribution in [0.4, 0.5) is 10.1 Å². The predicted molar refractivity (Wildman–Crippen MR) is 74.0 cm³/mol. The highest BCUT2D eigenvalue weighted by molar-refractivity contribution is 6.48. The average Bonchev–Trinajstić information content (AvgIpc) is 2.78. The van der Waals surface area contributed by atoms with Crippen molar-refractivity contribution in [1.82, 2.24) is 0 Å². The van der Waals surface area contributed by atoms with Crippen LogP contribution in [0.15, 0.2) is 24.3 Å². The number of anilines is 1. The first kappa shape index (κ1) is 13.9. The minimum absolute atomic E-state index is 0.0308. The summed E-state index contributed by atoms with van der Waals surface area (Å²) in [6.07, 6.45) is 0.873. The Hall–Kier alpha value is -2.04. The number of carbonyl (C=O) groups is 3. The lowest BCUT2D eigenvalue weighted by molar-refractivity contribution is -0.147. The molecule has 2 aliphatic rings. The van der Waals surface area contributed by atoms with Gasteiger partial charge in [-0.05, 0) is 30.4 Å². The molecule has 3 rings (SSSR count). The molecule has 110 valence electrons. The summed E-state index contributed by atoms with van der Waals surface area (Å²) in [6, 6.07) is 5.78. The molecule has 0 spiro atoms. The second-order valence-corrected chi connectivity index (χ2v) is 6.35. The van der Waals surface area contributed by atoms with Crippen molar-refractivity contribution < 1.29 is 18.8 Å². The van der Waals surface area contributed by atoms with Crippen LogP contribution in [-0.4, -0.2) is 17.5 Å². The maximum Gasteiger partial charge on any atom is 0.239 e. The molecule has 0 saturated heterocycles. The van der Waals surface area contributed by atoms with Gasteiger partial charge in [0.05, 0.1) is 5.69 Å². The third kappa shape index (κ3) is 1.57. The number of para-hydroxylation sites is 1. The number of fused-ring (bicyclic) bond motifs is 2. The Morgan fingerprint density at radius 1 is 1.29 bits per heavy atom. The van der Waals surface area contributed by atoms with E-state index in [2.05, 4.69) is 5.32 Å². The summed E-state index contributed by atoms with van der Waals surface area (Å²) in [5.74, 6) is -2.63. The van der Waals surface area contributed by atoms with Crippen molar-refractivity contribution in [2.45, 2.75) is 26.7 Å². The molecule has 1 N–H and O–H groups in total. The number of Topliss-reactive ketones (excluding diaryl/α,β-unsaturated/α-hetero) is 2. The van der Waals surface area contributed by atoms with E-state index < -0.39 is 40.0 Å². The third-order valence-corrected chi connectivity index (χ3v) is 5.22. The molecule has 4 nitrogen and oxygen atoms in total. The summed E-state index contributed by atoms with van der Waals surface area (Å²) < 4.78 is 13.7. The molecule has 1 aromatic rings. The molecule has 1 aromatic carbocycles. The molecule has 1 amide bonds. The van der Waals surface area contributed by atoms with E-state index in [0.29, 0.717) is 12.8 Å². The van der Waals surface area contributed by atoms with Gasteiger partial charge in [0.1, 0.15) is 11.2 Å². The highest BCUT2D eigenvalue weighted by Crippen LogP contribution is 2.62. The van der Waals surface area contributed by atoms with Gasteiger partial charge in [-0.1, -0.05) is 26.0 Å². The van der Waals surface area contributed by atoms with Crippen LogP contribution in [-0.2, 0) is 14.4 Å². The molecular formula is C16H16FNO3. The molecule has 0 aromatic heterocycles. The molecule has 2 bridgehead atoms. The maximum atomic E-state index is 13.7. The largest absolute Gasteiger partial charge is 0.323 e. The molecule has 21 heavy (non-hydrogen) atoms. The fourth-order valence-corrected chi connectivity index (χ4v) is 3.88. The first-order chi connectivity index (χ1) is 9.82. The van der Waals surface area contributed by atoms with Gasteiger partial charge in [-0.15, -0.1) is 0 Å². The van der Waals surface area contributed by atoms with Gasteiger partial charge in [-0.2, -0.15) is 0 Å². The number of hydrogen-bond donors (Lipinski definition) is 1. The monoisotopic (exact) mass is 289 g/mol. The van der Waals surface area contributed by atoms with E-state index in [4.69, 9.17) is 0 Å². The van der Waals surface area contributed by atoms with Crippen molar-refractivity contribution in [2.75, 3.05) is 5.32 Å². The van der Waals surface area contributed by atoms with Crippen LogP contribution in [0.2, 0.25) is 0 Å². The molecule has 2 aliphatic carbocycles. The Morgan fingerprint density at radius 2 is 1.95 bits per heavy atom. The summed E-state index contributed by atoms with van der Waals surface area (Å²) in [6.45, 7) is 3.54. The van der Waals surface area contributed by atoms with Crippen molar-refractivity contribution in [2.24, 2.45) is 16.7 Å². The van der Waals surface area contributed by atoms with Crippen molar-refractivity contribution in [1.29, 1.82) is 0 Å². The summed E-state index contributed by atoms with van der Waals surface area (Å²) in [7, 11) is 0. The normalized spacial score (nSPS) is 29.8. The highest BCUT2D eigenvalue weighted by atomic mass is 19.1. The maximum absolute atomic E-state index is 13.7. The Morgan fingerprint density at radius 3 is 2.52 bits per heavy atom. The number of carbonyl (C=O) groups excluding carboxylic acids is 3. The van der Waals surface area contributed by atoms with Crippen molar-refractivity contribution in [3.8, 4) is 0 Å². The lowest BCUT2D eigenvalue weighted by atomic mass is 9.68. The fourth-order valence-electron chi connectivity index (χ4n) is 3.88. The van der Waals surface area contributed by atoms with Gasteiger partial charge in [0.25, 0.3) is 0 Å². The zero-order chi connectivity index (χ0) is 15.4. The van der Waals surface area contributed by atoms with E-state index in [-0.39, 0.29) is 5.69 Å². The Balaban J connectivity index is 1.99. The van der Waals surface area contributed by atoms with Crippen LogP contribution >= 0.6 is 0 Å². The van der Waals surface area contributed by atoms with Crippen molar-refractivity contribution in [3.05, 3.63) is 30.1 Å². The average molecular weight is 289 g/mol. The standard InChI is InChI=1S/C16H16FNO3/c1-15(2)9-7-8-16(15,13(20)12(9)19)14(21)18-11-6-4-3-5-10(11)17/h3-6,9H,7-8H2,1-2H3,(H,18,21)/t9-,16-/m0/s1. The van der Waals surface area contributed by atoms with Crippen LogP contribution in [0, 0.1) is 22.6 Å². The van der Waals surface area contributed by atoms with Gasteiger partial charge >= 0.3 is 0 Å². The summed E-state index contributed by atoms with van der Waals surface area (Å²) in [5, 5.41) is 2.49. The van der Waals surface area contributed by atoms with E-state index in [9.17, 15) is 18.8 Å². The zero-order valence-corrected chi connectivity index (χ0v) is 11.9. The molecule has 0 aliphatic heterocycles. The van der Waals surface area contributed by atoms with E-state index in [0.717, 1.165) is 0 Å². The first-order valence-corrected chi connectivity index (χ1v) is 6.97. The first-order valence-electron chi connectivity index (χ1n) is 6.97. The van der Waals surface area contributed by atoms with Crippen molar-refractivity contribution in [3.63, 3.8) is 0 Å². The second kappa shape index (κ2) is 4.23. The van der Waals surface area contributed by atoms with Crippen molar-refractivity contribution >= 4 is 23.2 Å². The second-order valence-electron chi connectivity index (χ2n) is 6.35. The third-order valence-electron chi connectivity index (χ3n) is 5.22. The van der Waals surface area contributed by atoms with Gasteiger partial charge in [-0.25, -0.2) is 4.39 Å². The SMILES string of the molecule is CC1(C)[C@H]2CC[C@@]1(C(=O)Nc1ccccc1F)C(=O)C2=O. The lowest BCUT2D eigenvalue weighted by Gasteiger charge is -2.33. The number of hydrogen-bond acceptors (Lipinski definition) is 3. The molecule has 0 heterocycles. The van der Waals surface area contributed by atoms with Crippen LogP contribution < -0.4 is 5.32 Å². The highest BCUT2D eigenvalue weighted by Gasteiger charge is 2.72. The topological polar surface area (TPSA) is 63.2 Å². The Kier molecular flexibility index (Phi) is 2.80. The summed E-state index contributed by atoms with van der Waals surface area (Å²) in [5.41, 5.74) is -2.06. The molecule has 0 radical (unpaired) electrons. The summed E-state index contributed by atoms with van der Waals surface area (Å²) in [4.78, 5) is 37.0. The predicted octanol–water partition coefficient (Wildman–Crippen LogP) is 2.34. The number of benzene rings is 1. The van der Waals surface area contributed by atoms with Crippen LogP contribution in [0.1, 0.15) is 26.7 Å². The van der Waals surface area contributed by atoms with Crippen LogP contribution in [0.25, 0.3) is 0 Å². The van der Waals surface area contributed by atoms with Crippen LogP contribution in [0.3, 0.4) is 0 Å². The minimum atomic E-state index is -1.36. The zero-order valence-electron chi connectivity index (χ0n) is 11.9. The minimum Gasteiger partial charge on any atom is -0.323 e. The van der Waals surface area contributed by atoms with Gasteiger partial charge in [0.2, 0.25) is 17.5 Å². The van der Waals surface area contributed by atoms with Gasteiger partial charge in [0.15, 0.2) is 0 Å². The molecule has 2 atom stereocenters. The Labute approximate surface area is 121 Å². The van der Waals surface area contributed by atoms with Gasteiger partial charge in [-0.3, -0.25) is 14.4 Å². The molecule has 2 fully saturated rings. The lowest BCUT2D eigenvalue weighted by Crippen LogP contribution is -2.47. The number of ketones is 2. The molecule has 5 heteroatoms. The van der Waals surface area contributed by atoms with Gasteiger partial charge < -0.3 is 5.32 Å². The van der Waals surface area contributed by atoms with E-state index in [1.54, 1.807) is 19.9 Å². The van der Waals surface area contributed by atoms with Gasteiger partial charge in [0, 0.05) is 5.92 Å². The number of rotatable bonds is 2. The van der Waals surface area contributed by atoms with Crippen LogP contribution in [0.5, 0.6) is 0 Å². The smallest absolute Gasteiger partial charge is 0.239 e.